The van der Waals surface area contributed by atoms with Crippen LogP contribution in [0.4, 0.5) is 0 Å². The third-order valence-corrected chi connectivity index (χ3v) is 5.70. The summed E-state index contributed by atoms with van der Waals surface area (Å²) in [5, 5.41) is 16.5. The summed E-state index contributed by atoms with van der Waals surface area (Å²) in [6, 6.07) is 7.84. The molecule has 2 fully saturated rings. The van der Waals surface area contributed by atoms with Crippen LogP contribution in [0.3, 0.4) is 0 Å². The fourth-order valence-corrected chi connectivity index (χ4v) is 3.89. The SMILES string of the molecule is Cc1cc(C(=O)NC2CC(N(CC(=O)O)CC3CC3)C2)ccc1-n1cccn1. The Morgan fingerprint density at radius 3 is 2.71 bits per heavy atom. The average molecular weight is 382 g/mol. The maximum absolute atomic E-state index is 12.6. The van der Waals surface area contributed by atoms with Crippen molar-refractivity contribution < 1.29 is 14.7 Å². The molecular weight excluding hydrogens is 356 g/mol. The molecule has 1 heterocycles. The number of aliphatic carboxylic acids is 1. The molecule has 7 heteroatoms. The number of benzene rings is 1. The van der Waals surface area contributed by atoms with Gasteiger partial charge in [0.1, 0.15) is 0 Å². The Labute approximate surface area is 164 Å². The summed E-state index contributed by atoms with van der Waals surface area (Å²) in [7, 11) is 0. The Hall–Kier alpha value is -2.67. The molecule has 2 aromatic rings. The van der Waals surface area contributed by atoms with E-state index in [2.05, 4.69) is 15.3 Å². The number of carbonyl (C=O) groups excluding carboxylic acids is 1. The molecule has 0 unspecified atom stereocenters. The van der Waals surface area contributed by atoms with E-state index in [1.807, 2.05) is 37.4 Å². The molecule has 0 bridgehead atoms. The van der Waals surface area contributed by atoms with Crippen LogP contribution in [-0.4, -0.2) is 56.8 Å². The van der Waals surface area contributed by atoms with E-state index in [-0.39, 0.29) is 24.5 Å². The van der Waals surface area contributed by atoms with Gasteiger partial charge in [-0.2, -0.15) is 5.10 Å². The molecular formula is C21H26N4O3. The third kappa shape index (κ3) is 4.25. The highest BCUT2D eigenvalue weighted by Crippen LogP contribution is 2.33. The van der Waals surface area contributed by atoms with Crippen LogP contribution in [0.15, 0.2) is 36.7 Å². The molecule has 2 saturated carbocycles. The second-order valence-electron chi connectivity index (χ2n) is 8.01. The first kappa shape index (κ1) is 18.7. The van der Waals surface area contributed by atoms with Gasteiger partial charge in [-0.25, -0.2) is 4.68 Å². The Bertz CT molecular complexity index is 855. The van der Waals surface area contributed by atoms with Gasteiger partial charge in [-0.3, -0.25) is 14.5 Å². The number of carboxylic acid groups (broad SMARTS) is 1. The molecule has 0 atom stereocenters. The van der Waals surface area contributed by atoms with Gasteiger partial charge in [0.25, 0.3) is 5.91 Å². The van der Waals surface area contributed by atoms with Gasteiger partial charge in [0, 0.05) is 36.6 Å². The van der Waals surface area contributed by atoms with Crippen molar-refractivity contribution in [3.63, 3.8) is 0 Å². The summed E-state index contributed by atoms with van der Waals surface area (Å²) in [4.78, 5) is 25.8. The second kappa shape index (κ2) is 7.75. The van der Waals surface area contributed by atoms with Crippen molar-refractivity contribution in [2.24, 2.45) is 5.92 Å². The molecule has 2 N–H and O–H groups in total. The van der Waals surface area contributed by atoms with Crippen LogP contribution in [0.25, 0.3) is 5.69 Å². The zero-order chi connectivity index (χ0) is 19.7. The summed E-state index contributed by atoms with van der Waals surface area (Å²) in [6.45, 7) is 2.93. The maximum Gasteiger partial charge on any atom is 0.317 e. The lowest BCUT2D eigenvalue weighted by Crippen LogP contribution is -2.55. The highest BCUT2D eigenvalue weighted by Gasteiger charge is 2.37. The quantitative estimate of drug-likeness (QED) is 0.731. The molecule has 2 aliphatic carbocycles. The number of carboxylic acids is 1. The Morgan fingerprint density at radius 1 is 1.32 bits per heavy atom. The van der Waals surface area contributed by atoms with E-state index in [0.717, 1.165) is 30.6 Å². The lowest BCUT2D eigenvalue weighted by Gasteiger charge is -2.42. The fourth-order valence-electron chi connectivity index (χ4n) is 3.89. The first-order valence-corrected chi connectivity index (χ1v) is 9.87. The normalized spacial score (nSPS) is 21.4. The van der Waals surface area contributed by atoms with Gasteiger partial charge in [0.15, 0.2) is 0 Å². The molecule has 0 radical (unpaired) electrons. The largest absolute Gasteiger partial charge is 0.480 e. The predicted octanol–water partition coefficient (Wildman–Crippen LogP) is 2.24. The van der Waals surface area contributed by atoms with Crippen molar-refractivity contribution in [3.8, 4) is 5.69 Å². The molecule has 148 valence electrons. The average Bonchev–Trinajstić information content (AvgIpc) is 3.26. The number of aryl methyl sites for hydroxylation is 1. The minimum atomic E-state index is -0.777. The van der Waals surface area contributed by atoms with Crippen molar-refractivity contribution in [1.29, 1.82) is 0 Å². The molecule has 1 aromatic heterocycles. The van der Waals surface area contributed by atoms with E-state index < -0.39 is 5.97 Å². The Kier molecular flexibility index (Phi) is 5.17. The highest BCUT2D eigenvalue weighted by atomic mass is 16.4. The number of nitrogens with one attached hydrogen (secondary N) is 1. The molecule has 0 saturated heterocycles. The zero-order valence-electron chi connectivity index (χ0n) is 16.0. The van der Waals surface area contributed by atoms with Gasteiger partial charge in [0.2, 0.25) is 0 Å². The summed E-state index contributed by atoms with van der Waals surface area (Å²) < 4.78 is 1.78. The first-order valence-electron chi connectivity index (χ1n) is 9.87. The number of hydrogen-bond acceptors (Lipinski definition) is 4. The van der Waals surface area contributed by atoms with E-state index in [9.17, 15) is 9.59 Å². The van der Waals surface area contributed by atoms with E-state index in [0.29, 0.717) is 11.5 Å². The summed E-state index contributed by atoms with van der Waals surface area (Å²) in [5.41, 5.74) is 2.58. The van der Waals surface area contributed by atoms with Crippen molar-refractivity contribution in [3.05, 3.63) is 47.8 Å². The molecule has 4 rings (SSSR count). The topological polar surface area (TPSA) is 87.5 Å². The Balaban J connectivity index is 1.32. The van der Waals surface area contributed by atoms with Crippen LogP contribution in [0, 0.1) is 12.8 Å². The standard InChI is InChI=1S/C21H26N4O3/c1-14-9-16(5-6-19(14)25-8-2-7-22-25)21(28)23-17-10-18(11-17)24(13-20(26)27)12-15-3-4-15/h2,5-9,15,17-18H,3-4,10-13H2,1H3,(H,23,28)(H,26,27). The number of hydrogen-bond donors (Lipinski definition) is 2. The number of carbonyl (C=O) groups is 2. The second-order valence-corrected chi connectivity index (χ2v) is 8.01. The Morgan fingerprint density at radius 2 is 2.11 bits per heavy atom. The highest BCUT2D eigenvalue weighted by molar-refractivity contribution is 5.95. The van der Waals surface area contributed by atoms with Crippen molar-refractivity contribution >= 4 is 11.9 Å². The number of aromatic nitrogens is 2. The summed E-state index contributed by atoms with van der Waals surface area (Å²) in [5.74, 6) is -0.198. The van der Waals surface area contributed by atoms with Gasteiger partial charge < -0.3 is 10.4 Å². The maximum atomic E-state index is 12.6. The van der Waals surface area contributed by atoms with Crippen molar-refractivity contribution in [2.45, 2.75) is 44.7 Å². The molecule has 1 aromatic carbocycles. The van der Waals surface area contributed by atoms with Gasteiger partial charge in [0.05, 0.1) is 12.2 Å². The number of nitrogens with zero attached hydrogens (tertiary/aromatic N) is 3. The van der Waals surface area contributed by atoms with Gasteiger partial charge in [-0.05, 0) is 68.4 Å². The van der Waals surface area contributed by atoms with E-state index in [1.54, 1.807) is 10.9 Å². The van der Waals surface area contributed by atoms with E-state index >= 15 is 0 Å². The number of rotatable bonds is 8. The predicted molar refractivity (Wildman–Crippen MR) is 105 cm³/mol. The van der Waals surface area contributed by atoms with Gasteiger partial charge in [-0.1, -0.05) is 0 Å². The molecule has 2 aliphatic rings. The molecule has 7 nitrogen and oxygen atoms in total. The van der Waals surface area contributed by atoms with Gasteiger partial charge in [-0.15, -0.1) is 0 Å². The van der Waals surface area contributed by atoms with Crippen molar-refractivity contribution in [1.82, 2.24) is 20.0 Å². The van der Waals surface area contributed by atoms with Crippen LogP contribution < -0.4 is 5.32 Å². The van der Waals surface area contributed by atoms with Crippen LogP contribution in [0.5, 0.6) is 0 Å². The molecule has 0 spiro atoms. The molecule has 28 heavy (non-hydrogen) atoms. The van der Waals surface area contributed by atoms with Crippen molar-refractivity contribution in [2.75, 3.05) is 13.1 Å². The third-order valence-electron chi connectivity index (χ3n) is 5.70. The lowest BCUT2D eigenvalue weighted by atomic mass is 9.85. The van der Waals surface area contributed by atoms with E-state index in [4.69, 9.17) is 5.11 Å². The van der Waals surface area contributed by atoms with Crippen LogP contribution in [0.1, 0.15) is 41.6 Å². The smallest absolute Gasteiger partial charge is 0.317 e. The van der Waals surface area contributed by atoms with Crippen LogP contribution in [-0.2, 0) is 4.79 Å². The summed E-state index contributed by atoms with van der Waals surface area (Å²) >= 11 is 0. The van der Waals surface area contributed by atoms with Crippen LogP contribution >= 0.6 is 0 Å². The minimum absolute atomic E-state index is 0.0782. The van der Waals surface area contributed by atoms with Gasteiger partial charge >= 0.3 is 5.97 Å². The molecule has 1 amide bonds. The first-order chi connectivity index (χ1) is 13.5. The van der Waals surface area contributed by atoms with Crippen LogP contribution in [0.2, 0.25) is 0 Å². The monoisotopic (exact) mass is 382 g/mol. The lowest BCUT2D eigenvalue weighted by molar-refractivity contribution is -0.139. The number of amides is 1. The fraction of sp³-hybridized carbons (Fsp3) is 0.476. The molecule has 0 aliphatic heterocycles. The summed E-state index contributed by atoms with van der Waals surface area (Å²) in [6.07, 6.45) is 7.64. The van der Waals surface area contributed by atoms with E-state index in [1.165, 1.54) is 12.8 Å². The minimum Gasteiger partial charge on any atom is -0.480 e. The zero-order valence-corrected chi connectivity index (χ0v) is 16.0.